The number of carbonyl (C=O) groups is 1. The minimum absolute atomic E-state index is 0.0208. The van der Waals surface area contributed by atoms with Gasteiger partial charge in [-0.25, -0.2) is 0 Å². The van der Waals surface area contributed by atoms with Crippen LogP contribution in [0.3, 0.4) is 0 Å². The Morgan fingerprint density at radius 2 is 2.16 bits per heavy atom. The maximum Gasteiger partial charge on any atom is 0.320 e. The van der Waals surface area contributed by atoms with E-state index in [0.29, 0.717) is 0 Å². The van der Waals surface area contributed by atoms with E-state index in [0.717, 1.165) is 16.6 Å². The Bertz CT molecular complexity index is 756. The van der Waals surface area contributed by atoms with Crippen LogP contribution in [-0.4, -0.2) is 27.3 Å². The zero-order chi connectivity index (χ0) is 18.6. The number of fused-ring (bicyclic) bond motifs is 1. The number of allylic oxidation sites excluding steroid dienone is 2. The number of nitrogens with zero attached hydrogens (tertiary/aromatic N) is 2. The summed E-state index contributed by atoms with van der Waals surface area (Å²) in [5, 5.41) is 15.1. The van der Waals surface area contributed by atoms with Gasteiger partial charge >= 0.3 is 5.97 Å². The van der Waals surface area contributed by atoms with Crippen LogP contribution in [0.5, 0.6) is 0 Å². The number of rotatable bonds is 3. The summed E-state index contributed by atoms with van der Waals surface area (Å²) in [5.74, 6) is -0.910. The standard InChI is InChI=1S/C13H12BrN3.C5H11NO2/c1-9-2-3-10-4-5-11(14)6-13(10)17(9)12-7-15-16-8-12;1-3(2)4(6)5(7)8/h2,4-8H,3H2,1H3,(H,15,16);3-4H,6H2,1-2H3,(H,7,8)/t;4-/m.0/s1. The summed E-state index contributed by atoms with van der Waals surface area (Å²) >= 11 is 3.53. The second-order valence-corrected chi connectivity index (χ2v) is 7.14. The van der Waals surface area contributed by atoms with Gasteiger partial charge in [0.15, 0.2) is 0 Å². The molecular formula is C18H23BrN4O2. The minimum atomic E-state index is -0.931. The molecule has 0 bridgehead atoms. The van der Waals surface area contributed by atoms with E-state index in [2.05, 4.69) is 62.2 Å². The van der Waals surface area contributed by atoms with Gasteiger partial charge in [0.05, 0.1) is 17.6 Å². The topological polar surface area (TPSA) is 95.2 Å². The number of hydrogen-bond acceptors (Lipinski definition) is 4. The van der Waals surface area contributed by atoms with Gasteiger partial charge in [-0.05, 0) is 37.0 Å². The molecule has 7 heteroatoms. The number of nitrogens with one attached hydrogen (secondary N) is 1. The largest absolute Gasteiger partial charge is 0.480 e. The van der Waals surface area contributed by atoms with Crippen molar-refractivity contribution >= 4 is 33.3 Å². The number of H-pyrrole nitrogens is 1. The molecule has 0 saturated carbocycles. The lowest BCUT2D eigenvalue weighted by molar-refractivity contribution is -0.139. The normalized spacial score (nSPS) is 14.3. The first-order valence-corrected chi connectivity index (χ1v) is 8.83. The average molecular weight is 407 g/mol. The Kier molecular flexibility index (Phi) is 6.39. The second kappa shape index (κ2) is 8.31. The molecule has 3 rings (SSSR count). The Hall–Kier alpha value is -2.12. The lowest BCUT2D eigenvalue weighted by Gasteiger charge is -2.30. The summed E-state index contributed by atoms with van der Waals surface area (Å²) in [4.78, 5) is 12.2. The van der Waals surface area contributed by atoms with E-state index in [1.165, 1.54) is 16.9 Å². The summed E-state index contributed by atoms with van der Waals surface area (Å²) in [6.45, 7) is 5.68. The van der Waals surface area contributed by atoms with E-state index in [9.17, 15) is 4.79 Å². The summed E-state index contributed by atoms with van der Waals surface area (Å²) in [6.07, 6.45) is 6.98. The Morgan fingerprint density at radius 3 is 2.68 bits per heavy atom. The van der Waals surface area contributed by atoms with Crippen molar-refractivity contribution in [3.8, 4) is 0 Å². The lowest BCUT2D eigenvalue weighted by atomic mass is 10.0. The molecule has 1 atom stereocenters. The van der Waals surface area contributed by atoms with E-state index in [1.807, 2.05) is 12.4 Å². The quantitative estimate of drug-likeness (QED) is 0.719. The van der Waals surface area contributed by atoms with E-state index in [1.54, 1.807) is 13.8 Å². The highest BCUT2D eigenvalue weighted by Crippen LogP contribution is 2.37. The molecule has 0 fully saturated rings. The van der Waals surface area contributed by atoms with Gasteiger partial charge in [-0.3, -0.25) is 9.89 Å². The number of nitrogens with two attached hydrogens (primary N) is 1. The molecule has 2 aromatic rings. The number of benzene rings is 1. The predicted molar refractivity (Wildman–Crippen MR) is 103 cm³/mol. The fraction of sp³-hybridized carbons (Fsp3) is 0.333. The summed E-state index contributed by atoms with van der Waals surface area (Å²) in [5.41, 5.74) is 10.0. The number of anilines is 2. The molecule has 0 saturated heterocycles. The van der Waals surface area contributed by atoms with Crippen molar-refractivity contribution in [3.05, 3.63) is 52.4 Å². The number of hydrogen-bond donors (Lipinski definition) is 3. The Morgan fingerprint density at radius 1 is 1.44 bits per heavy atom. The van der Waals surface area contributed by atoms with Gasteiger partial charge in [0.2, 0.25) is 0 Å². The number of aromatic amines is 1. The number of carboxylic acids is 1. The first-order chi connectivity index (χ1) is 11.8. The van der Waals surface area contributed by atoms with Crippen molar-refractivity contribution in [1.29, 1.82) is 0 Å². The highest BCUT2D eigenvalue weighted by Gasteiger charge is 2.19. The molecule has 0 amide bonds. The molecule has 2 heterocycles. The van der Waals surface area contributed by atoms with Gasteiger partial charge in [0.25, 0.3) is 0 Å². The number of halogens is 1. The van der Waals surface area contributed by atoms with E-state index in [4.69, 9.17) is 10.8 Å². The Labute approximate surface area is 155 Å². The smallest absolute Gasteiger partial charge is 0.320 e. The highest BCUT2D eigenvalue weighted by molar-refractivity contribution is 9.10. The fourth-order valence-corrected chi connectivity index (χ4v) is 2.80. The zero-order valence-electron chi connectivity index (χ0n) is 14.5. The van der Waals surface area contributed by atoms with Gasteiger partial charge in [-0.15, -0.1) is 0 Å². The molecule has 0 aliphatic carbocycles. The third-order valence-electron chi connectivity index (χ3n) is 4.00. The highest BCUT2D eigenvalue weighted by atomic mass is 79.9. The lowest BCUT2D eigenvalue weighted by Crippen LogP contribution is -2.34. The minimum Gasteiger partial charge on any atom is -0.480 e. The first kappa shape index (κ1) is 19.2. The third kappa shape index (κ3) is 4.70. The molecule has 25 heavy (non-hydrogen) atoms. The molecule has 4 N–H and O–H groups in total. The van der Waals surface area contributed by atoms with Crippen LogP contribution in [0.4, 0.5) is 11.4 Å². The summed E-state index contributed by atoms with van der Waals surface area (Å²) in [7, 11) is 0. The van der Waals surface area contributed by atoms with E-state index in [-0.39, 0.29) is 5.92 Å². The molecule has 0 unspecified atom stereocenters. The van der Waals surface area contributed by atoms with Gasteiger partial charge in [0.1, 0.15) is 6.04 Å². The van der Waals surface area contributed by atoms with E-state index >= 15 is 0 Å². The zero-order valence-corrected chi connectivity index (χ0v) is 16.1. The molecular weight excluding hydrogens is 384 g/mol. The van der Waals surface area contributed by atoms with Crippen molar-refractivity contribution in [2.75, 3.05) is 4.90 Å². The van der Waals surface area contributed by atoms with Gasteiger partial charge < -0.3 is 15.7 Å². The van der Waals surface area contributed by atoms with Crippen LogP contribution in [0.15, 0.2) is 46.8 Å². The van der Waals surface area contributed by atoms with Crippen molar-refractivity contribution in [1.82, 2.24) is 10.2 Å². The number of aliphatic carboxylic acids is 1. The molecule has 0 spiro atoms. The predicted octanol–water partition coefficient (Wildman–Crippen LogP) is 3.82. The average Bonchev–Trinajstić information content (AvgIpc) is 3.08. The van der Waals surface area contributed by atoms with Crippen molar-refractivity contribution < 1.29 is 9.90 Å². The first-order valence-electron chi connectivity index (χ1n) is 8.03. The fourth-order valence-electron chi connectivity index (χ4n) is 2.45. The maximum absolute atomic E-state index is 10.0. The van der Waals surface area contributed by atoms with Crippen molar-refractivity contribution in [2.45, 2.75) is 33.2 Å². The SMILES string of the molecule is CC(C)[C@H](N)C(=O)O.CC1=CCc2ccc(Br)cc2N1c1cn[nH]c1. The second-order valence-electron chi connectivity index (χ2n) is 6.22. The van der Waals surface area contributed by atoms with Crippen LogP contribution in [0.25, 0.3) is 0 Å². The monoisotopic (exact) mass is 406 g/mol. The molecule has 1 aromatic heterocycles. The van der Waals surface area contributed by atoms with Gasteiger partial charge in [-0.1, -0.05) is 41.9 Å². The summed E-state index contributed by atoms with van der Waals surface area (Å²) in [6, 6.07) is 5.69. The van der Waals surface area contributed by atoms with E-state index < -0.39 is 12.0 Å². The molecule has 1 aliphatic heterocycles. The van der Waals surface area contributed by atoms with Crippen LogP contribution >= 0.6 is 15.9 Å². The molecule has 1 aliphatic rings. The number of carboxylic acid groups (broad SMARTS) is 1. The molecule has 6 nitrogen and oxygen atoms in total. The maximum atomic E-state index is 10.0. The van der Waals surface area contributed by atoms with Crippen LogP contribution in [0, 0.1) is 5.92 Å². The van der Waals surface area contributed by atoms with Crippen LogP contribution < -0.4 is 10.6 Å². The Balaban J connectivity index is 0.000000242. The number of aromatic nitrogens is 2. The molecule has 134 valence electrons. The molecule has 0 radical (unpaired) electrons. The van der Waals surface area contributed by atoms with Gasteiger partial charge in [-0.2, -0.15) is 5.10 Å². The summed E-state index contributed by atoms with van der Waals surface area (Å²) < 4.78 is 1.10. The van der Waals surface area contributed by atoms with Crippen molar-refractivity contribution in [3.63, 3.8) is 0 Å². The van der Waals surface area contributed by atoms with Crippen LogP contribution in [0.1, 0.15) is 26.3 Å². The van der Waals surface area contributed by atoms with Crippen LogP contribution in [-0.2, 0) is 11.2 Å². The third-order valence-corrected chi connectivity index (χ3v) is 4.50. The van der Waals surface area contributed by atoms with Crippen LogP contribution in [0.2, 0.25) is 0 Å². The van der Waals surface area contributed by atoms with Gasteiger partial charge in [0, 0.05) is 16.4 Å². The molecule has 1 aromatic carbocycles. The van der Waals surface area contributed by atoms with Crippen molar-refractivity contribution in [2.24, 2.45) is 11.7 Å².